The van der Waals surface area contributed by atoms with Gasteiger partial charge in [0.25, 0.3) is 5.91 Å². The van der Waals surface area contributed by atoms with Crippen LogP contribution in [0.15, 0.2) is 54.7 Å². The Morgan fingerprint density at radius 1 is 1.08 bits per heavy atom. The maximum Gasteiger partial charge on any atom is 0.316 e. The van der Waals surface area contributed by atoms with Crippen molar-refractivity contribution in [3.05, 3.63) is 66.0 Å². The lowest BCUT2D eigenvalue weighted by Gasteiger charge is -2.06. The number of nitrogens with one attached hydrogen (secondary N) is 1. The van der Waals surface area contributed by atoms with E-state index in [9.17, 15) is 14.7 Å². The highest BCUT2D eigenvalue weighted by Crippen LogP contribution is 2.23. The first-order valence-electron chi connectivity index (χ1n) is 7.74. The molecule has 2 aromatic carbocycles. The van der Waals surface area contributed by atoms with Gasteiger partial charge in [-0.2, -0.15) is 5.10 Å². The second-order valence-corrected chi connectivity index (χ2v) is 5.59. The molecule has 1 aromatic heterocycles. The zero-order valence-corrected chi connectivity index (χ0v) is 13.7. The van der Waals surface area contributed by atoms with Crippen LogP contribution < -0.4 is 16.8 Å². The third-order valence-electron chi connectivity index (χ3n) is 3.78. The normalized spacial score (nSPS) is 10.5. The number of nitrogens with zero attached hydrogens (tertiary/aromatic N) is 2. The smallest absolute Gasteiger partial charge is 0.316 e. The number of carbonyl (C=O) groups excluding carboxylic acids is 2. The van der Waals surface area contributed by atoms with Gasteiger partial charge in [-0.15, -0.1) is 0 Å². The molecular formula is C18H17N5O3. The standard InChI is InChI=1S/C18H17N5O3/c19-17(25)16-15(21-18(20)26)9-23(22-16)14-6-4-12(5-7-14)13-3-1-2-11(8-13)10-24/h1-9,24H,10H2,(H2,19,25)(H3,20,21,26). The summed E-state index contributed by atoms with van der Waals surface area (Å²) in [5, 5.41) is 15.7. The van der Waals surface area contributed by atoms with Crippen LogP contribution in [0.25, 0.3) is 16.8 Å². The lowest BCUT2D eigenvalue weighted by Crippen LogP contribution is -2.22. The molecule has 6 N–H and O–H groups in total. The molecule has 0 spiro atoms. The summed E-state index contributed by atoms with van der Waals surface area (Å²) in [6.45, 7) is -0.0231. The molecule has 0 unspecified atom stereocenters. The summed E-state index contributed by atoms with van der Waals surface area (Å²) in [4.78, 5) is 22.5. The van der Waals surface area contributed by atoms with Crippen molar-refractivity contribution in [3.8, 4) is 16.8 Å². The number of anilines is 1. The third kappa shape index (κ3) is 3.55. The maximum atomic E-state index is 11.5. The van der Waals surface area contributed by atoms with E-state index in [1.165, 1.54) is 10.9 Å². The molecule has 132 valence electrons. The van der Waals surface area contributed by atoms with Crippen molar-refractivity contribution in [3.63, 3.8) is 0 Å². The molecule has 26 heavy (non-hydrogen) atoms. The van der Waals surface area contributed by atoms with Crippen LogP contribution in [0.5, 0.6) is 0 Å². The maximum absolute atomic E-state index is 11.5. The van der Waals surface area contributed by atoms with Crippen molar-refractivity contribution in [2.75, 3.05) is 5.32 Å². The van der Waals surface area contributed by atoms with Crippen LogP contribution >= 0.6 is 0 Å². The van der Waals surface area contributed by atoms with E-state index in [4.69, 9.17) is 11.5 Å². The predicted molar refractivity (Wildman–Crippen MR) is 96.6 cm³/mol. The Hall–Kier alpha value is -3.65. The van der Waals surface area contributed by atoms with E-state index in [2.05, 4.69) is 10.4 Å². The summed E-state index contributed by atoms with van der Waals surface area (Å²) in [5.74, 6) is -0.773. The van der Waals surface area contributed by atoms with Gasteiger partial charge in [0.05, 0.1) is 24.2 Å². The van der Waals surface area contributed by atoms with E-state index in [0.29, 0.717) is 5.69 Å². The summed E-state index contributed by atoms with van der Waals surface area (Å²) in [6, 6.07) is 14.2. The summed E-state index contributed by atoms with van der Waals surface area (Å²) in [6.07, 6.45) is 1.46. The molecule has 0 aliphatic carbocycles. The van der Waals surface area contributed by atoms with Crippen molar-refractivity contribution in [2.45, 2.75) is 6.61 Å². The minimum absolute atomic E-state index is 0.0231. The van der Waals surface area contributed by atoms with Crippen molar-refractivity contribution in [1.82, 2.24) is 9.78 Å². The third-order valence-corrected chi connectivity index (χ3v) is 3.78. The van der Waals surface area contributed by atoms with E-state index < -0.39 is 11.9 Å². The molecule has 3 amide bonds. The van der Waals surface area contributed by atoms with E-state index in [1.54, 1.807) is 0 Å². The first-order chi connectivity index (χ1) is 12.5. The van der Waals surface area contributed by atoms with Crippen LogP contribution in [0.3, 0.4) is 0 Å². The van der Waals surface area contributed by atoms with Crippen LogP contribution in [0, 0.1) is 0 Å². The van der Waals surface area contributed by atoms with E-state index >= 15 is 0 Å². The van der Waals surface area contributed by atoms with Gasteiger partial charge in [-0.3, -0.25) is 4.79 Å². The Morgan fingerprint density at radius 2 is 1.81 bits per heavy atom. The number of aromatic nitrogens is 2. The van der Waals surface area contributed by atoms with Gasteiger partial charge >= 0.3 is 6.03 Å². The number of aliphatic hydroxyl groups is 1. The van der Waals surface area contributed by atoms with Crippen molar-refractivity contribution >= 4 is 17.6 Å². The Kier molecular flexibility index (Phi) is 4.68. The molecule has 3 rings (SSSR count). The molecule has 0 saturated heterocycles. The second-order valence-electron chi connectivity index (χ2n) is 5.59. The van der Waals surface area contributed by atoms with Gasteiger partial charge in [0.15, 0.2) is 5.69 Å². The second kappa shape index (κ2) is 7.08. The molecular weight excluding hydrogens is 334 g/mol. The van der Waals surface area contributed by atoms with Gasteiger partial charge in [-0.25, -0.2) is 9.48 Å². The SMILES string of the molecule is NC(=O)Nc1cn(-c2ccc(-c3cccc(CO)c3)cc2)nc1C(N)=O. The van der Waals surface area contributed by atoms with Crippen LogP contribution in [0.2, 0.25) is 0 Å². The van der Waals surface area contributed by atoms with Crippen LogP contribution in [-0.2, 0) is 6.61 Å². The highest BCUT2D eigenvalue weighted by atomic mass is 16.3. The molecule has 0 bridgehead atoms. The molecule has 0 aliphatic heterocycles. The number of hydrogen-bond acceptors (Lipinski definition) is 4. The van der Waals surface area contributed by atoms with Gasteiger partial charge in [-0.1, -0.05) is 30.3 Å². The molecule has 8 heteroatoms. The summed E-state index contributed by atoms with van der Waals surface area (Å²) in [7, 11) is 0. The first kappa shape index (κ1) is 17.2. The van der Waals surface area contributed by atoms with E-state index in [0.717, 1.165) is 16.7 Å². The number of amides is 3. The Balaban J connectivity index is 1.93. The number of benzene rings is 2. The highest BCUT2D eigenvalue weighted by molar-refractivity contribution is 6.00. The topological polar surface area (TPSA) is 136 Å². The molecule has 3 aromatic rings. The number of urea groups is 1. The number of rotatable bonds is 5. The van der Waals surface area contributed by atoms with Gasteiger partial charge in [-0.05, 0) is 34.9 Å². The number of carbonyl (C=O) groups is 2. The largest absolute Gasteiger partial charge is 0.392 e. The van der Waals surface area contributed by atoms with Crippen molar-refractivity contribution < 1.29 is 14.7 Å². The van der Waals surface area contributed by atoms with Gasteiger partial charge in [0.1, 0.15) is 0 Å². The van der Waals surface area contributed by atoms with Gasteiger partial charge in [0, 0.05) is 0 Å². The summed E-state index contributed by atoms with van der Waals surface area (Å²) >= 11 is 0. The zero-order valence-electron chi connectivity index (χ0n) is 13.7. The fourth-order valence-corrected chi connectivity index (χ4v) is 2.57. The quantitative estimate of drug-likeness (QED) is 0.555. The fourth-order valence-electron chi connectivity index (χ4n) is 2.57. The lowest BCUT2D eigenvalue weighted by molar-refractivity contribution is 0.0996. The van der Waals surface area contributed by atoms with E-state index in [1.807, 2.05) is 48.5 Å². The number of hydrogen-bond donors (Lipinski definition) is 4. The monoisotopic (exact) mass is 351 g/mol. The van der Waals surface area contributed by atoms with Crippen LogP contribution in [0.1, 0.15) is 16.1 Å². The van der Waals surface area contributed by atoms with Gasteiger partial charge < -0.3 is 21.9 Å². The molecule has 8 nitrogen and oxygen atoms in total. The minimum atomic E-state index is -0.814. The van der Waals surface area contributed by atoms with E-state index in [-0.39, 0.29) is 18.0 Å². The average molecular weight is 351 g/mol. The highest BCUT2D eigenvalue weighted by Gasteiger charge is 2.16. The van der Waals surface area contributed by atoms with Crippen LogP contribution in [0.4, 0.5) is 10.5 Å². The number of nitrogens with two attached hydrogens (primary N) is 2. The molecule has 0 aliphatic rings. The van der Waals surface area contributed by atoms with Crippen LogP contribution in [-0.4, -0.2) is 26.8 Å². The number of primary amides is 2. The predicted octanol–water partition coefficient (Wildman–Crippen LogP) is 1.62. The lowest BCUT2D eigenvalue weighted by atomic mass is 10.0. The Labute approximate surface area is 149 Å². The summed E-state index contributed by atoms with van der Waals surface area (Å²) < 4.78 is 1.43. The average Bonchev–Trinajstić information content (AvgIpc) is 3.05. The first-order valence-corrected chi connectivity index (χ1v) is 7.74. The van der Waals surface area contributed by atoms with Gasteiger partial charge in [0.2, 0.25) is 0 Å². The molecule has 0 atom stereocenters. The Morgan fingerprint density at radius 3 is 2.42 bits per heavy atom. The number of aliphatic hydroxyl groups excluding tert-OH is 1. The Bertz CT molecular complexity index is 963. The van der Waals surface area contributed by atoms with Crippen molar-refractivity contribution in [1.29, 1.82) is 0 Å². The van der Waals surface area contributed by atoms with Crippen molar-refractivity contribution in [2.24, 2.45) is 11.5 Å². The fraction of sp³-hybridized carbons (Fsp3) is 0.0556. The molecule has 0 saturated carbocycles. The minimum Gasteiger partial charge on any atom is -0.392 e. The summed E-state index contributed by atoms with van der Waals surface area (Å²) in [5.41, 5.74) is 13.9. The zero-order chi connectivity index (χ0) is 18.7. The molecule has 0 fully saturated rings. The molecule has 1 heterocycles. The molecule has 0 radical (unpaired) electrons.